The summed E-state index contributed by atoms with van der Waals surface area (Å²) in [5.74, 6) is 0. The van der Waals surface area contributed by atoms with Crippen LogP contribution in [0, 0.1) is 0 Å². The average molecular weight is 338 g/mol. The van der Waals surface area contributed by atoms with E-state index >= 15 is 0 Å². The molecule has 2 aromatic carbocycles. The molecule has 1 aliphatic carbocycles. The summed E-state index contributed by atoms with van der Waals surface area (Å²) in [6, 6.07) is 20.5. The molecule has 0 saturated heterocycles. The molecule has 3 rings (SSSR count). The van der Waals surface area contributed by atoms with E-state index in [0.29, 0.717) is 12.8 Å². The van der Waals surface area contributed by atoms with E-state index in [0.717, 1.165) is 44.9 Å². The van der Waals surface area contributed by atoms with Crippen molar-refractivity contribution < 1.29 is 10.2 Å². The van der Waals surface area contributed by atoms with Gasteiger partial charge in [0, 0.05) is 12.8 Å². The minimum atomic E-state index is -0.640. The van der Waals surface area contributed by atoms with Gasteiger partial charge < -0.3 is 10.2 Å². The summed E-state index contributed by atoms with van der Waals surface area (Å²) in [6.45, 7) is 0. The largest absolute Gasteiger partial charge is 0.390 e. The lowest BCUT2D eigenvalue weighted by molar-refractivity contribution is 0.00681. The fraction of sp³-hybridized carbons (Fsp3) is 0.478. The molecule has 0 bridgehead atoms. The van der Waals surface area contributed by atoms with Crippen LogP contribution in [-0.2, 0) is 12.8 Å². The molecule has 25 heavy (non-hydrogen) atoms. The highest BCUT2D eigenvalue weighted by Gasteiger charge is 2.33. The summed E-state index contributed by atoms with van der Waals surface area (Å²) in [6.07, 6.45) is 7.41. The van der Waals surface area contributed by atoms with E-state index in [1.54, 1.807) is 0 Å². The van der Waals surface area contributed by atoms with Gasteiger partial charge in [-0.2, -0.15) is 0 Å². The molecule has 0 radical (unpaired) electrons. The lowest BCUT2D eigenvalue weighted by Crippen LogP contribution is -2.33. The molecular weight excluding hydrogens is 308 g/mol. The second-order valence-corrected chi connectivity index (χ2v) is 7.83. The quantitative estimate of drug-likeness (QED) is 0.850. The maximum Gasteiger partial charge on any atom is 0.0688 e. The summed E-state index contributed by atoms with van der Waals surface area (Å²) >= 11 is 0. The molecule has 2 N–H and O–H groups in total. The predicted molar refractivity (Wildman–Crippen MR) is 103 cm³/mol. The highest BCUT2D eigenvalue weighted by Crippen LogP contribution is 2.34. The highest BCUT2D eigenvalue weighted by atomic mass is 16.3. The van der Waals surface area contributed by atoms with Crippen molar-refractivity contribution in [3.63, 3.8) is 0 Å². The first-order chi connectivity index (χ1) is 12.1. The first-order valence-corrected chi connectivity index (χ1v) is 9.60. The Labute approximate surface area is 151 Å². The Hall–Kier alpha value is -1.64. The molecule has 1 saturated carbocycles. The maximum absolute atomic E-state index is 11.1. The summed E-state index contributed by atoms with van der Waals surface area (Å²) in [5, 5.41) is 22.3. The van der Waals surface area contributed by atoms with Gasteiger partial charge in [0.25, 0.3) is 0 Å². The van der Waals surface area contributed by atoms with Crippen molar-refractivity contribution in [2.24, 2.45) is 0 Å². The molecular formula is C23H30O2. The molecule has 0 heterocycles. The summed E-state index contributed by atoms with van der Waals surface area (Å²) < 4.78 is 0. The Balaban J connectivity index is 1.63. The molecule has 0 aromatic heterocycles. The number of benzene rings is 2. The van der Waals surface area contributed by atoms with E-state index in [-0.39, 0.29) is 0 Å². The van der Waals surface area contributed by atoms with Crippen molar-refractivity contribution in [2.75, 3.05) is 0 Å². The zero-order valence-corrected chi connectivity index (χ0v) is 15.0. The van der Waals surface area contributed by atoms with Crippen molar-refractivity contribution in [1.29, 1.82) is 0 Å². The van der Waals surface area contributed by atoms with E-state index in [9.17, 15) is 10.2 Å². The Morgan fingerprint density at radius 1 is 0.560 bits per heavy atom. The fourth-order valence-corrected chi connectivity index (χ4v) is 4.21. The van der Waals surface area contributed by atoms with Gasteiger partial charge >= 0.3 is 0 Å². The molecule has 2 atom stereocenters. The van der Waals surface area contributed by atoms with Crippen molar-refractivity contribution in [3.05, 3.63) is 71.8 Å². The van der Waals surface area contributed by atoms with Crippen molar-refractivity contribution in [1.82, 2.24) is 0 Å². The average Bonchev–Trinajstić information content (AvgIpc) is 2.67. The standard InChI is InChI=1S/C23H30O2/c24-22(18-20-10-3-1-4-11-20)14-7-8-15-23(25,17-9-16-22)19-21-12-5-2-6-13-21/h1-6,10-13,24-25H,7-9,14-19H2/t22-,23-/m1/s1. The van der Waals surface area contributed by atoms with Crippen LogP contribution in [0.25, 0.3) is 0 Å². The van der Waals surface area contributed by atoms with Crippen LogP contribution in [0.4, 0.5) is 0 Å². The van der Waals surface area contributed by atoms with E-state index < -0.39 is 11.2 Å². The monoisotopic (exact) mass is 338 g/mol. The van der Waals surface area contributed by atoms with Crippen molar-refractivity contribution in [3.8, 4) is 0 Å². The third-order valence-electron chi connectivity index (χ3n) is 5.57. The Morgan fingerprint density at radius 2 is 0.920 bits per heavy atom. The Kier molecular flexibility index (Phi) is 5.93. The van der Waals surface area contributed by atoms with Gasteiger partial charge in [-0.3, -0.25) is 0 Å². The van der Waals surface area contributed by atoms with Crippen LogP contribution in [0.1, 0.15) is 56.1 Å². The number of hydrogen-bond donors (Lipinski definition) is 2. The van der Waals surface area contributed by atoms with Crippen LogP contribution in [0.5, 0.6) is 0 Å². The molecule has 0 unspecified atom stereocenters. The van der Waals surface area contributed by atoms with Gasteiger partial charge in [0.05, 0.1) is 11.2 Å². The zero-order valence-electron chi connectivity index (χ0n) is 15.0. The van der Waals surface area contributed by atoms with Gasteiger partial charge in [-0.1, -0.05) is 73.5 Å². The van der Waals surface area contributed by atoms with E-state index in [4.69, 9.17) is 0 Å². The Bertz CT molecular complexity index is 582. The van der Waals surface area contributed by atoms with Gasteiger partial charge in [-0.15, -0.1) is 0 Å². The van der Waals surface area contributed by atoms with E-state index in [2.05, 4.69) is 24.3 Å². The predicted octanol–water partition coefficient (Wildman–Crippen LogP) is 4.68. The highest BCUT2D eigenvalue weighted by molar-refractivity contribution is 5.18. The van der Waals surface area contributed by atoms with Gasteiger partial charge in [0.15, 0.2) is 0 Å². The van der Waals surface area contributed by atoms with Gasteiger partial charge in [0.2, 0.25) is 0 Å². The van der Waals surface area contributed by atoms with Crippen LogP contribution in [0.15, 0.2) is 60.7 Å². The van der Waals surface area contributed by atoms with Crippen LogP contribution >= 0.6 is 0 Å². The minimum absolute atomic E-state index is 0.640. The summed E-state index contributed by atoms with van der Waals surface area (Å²) in [7, 11) is 0. The second kappa shape index (κ2) is 8.16. The van der Waals surface area contributed by atoms with Gasteiger partial charge in [-0.25, -0.2) is 0 Å². The molecule has 0 aliphatic heterocycles. The van der Waals surface area contributed by atoms with Crippen LogP contribution < -0.4 is 0 Å². The van der Waals surface area contributed by atoms with Gasteiger partial charge in [0.1, 0.15) is 0 Å². The SMILES string of the molecule is O[C@]1(Cc2ccccc2)CCCC[C@](O)(Cc2ccccc2)CCC1. The molecule has 2 nitrogen and oxygen atoms in total. The van der Waals surface area contributed by atoms with E-state index in [1.165, 1.54) is 11.1 Å². The molecule has 2 aromatic rings. The maximum atomic E-state index is 11.1. The second-order valence-electron chi connectivity index (χ2n) is 7.83. The van der Waals surface area contributed by atoms with Crippen molar-refractivity contribution >= 4 is 0 Å². The zero-order chi connectivity index (χ0) is 17.6. The van der Waals surface area contributed by atoms with Crippen LogP contribution in [0.2, 0.25) is 0 Å². The topological polar surface area (TPSA) is 40.5 Å². The molecule has 0 spiro atoms. The van der Waals surface area contributed by atoms with E-state index in [1.807, 2.05) is 36.4 Å². The molecule has 1 aliphatic rings. The van der Waals surface area contributed by atoms with Crippen LogP contribution in [-0.4, -0.2) is 21.4 Å². The lowest BCUT2D eigenvalue weighted by Gasteiger charge is -2.29. The fourth-order valence-electron chi connectivity index (χ4n) is 4.21. The molecule has 1 fully saturated rings. The first-order valence-electron chi connectivity index (χ1n) is 9.60. The summed E-state index contributed by atoms with van der Waals surface area (Å²) in [5.41, 5.74) is 1.12. The first kappa shape index (κ1) is 18.2. The molecule has 2 heteroatoms. The van der Waals surface area contributed by atoms with Crippen molar-refractivity contribution in [2.45, 2.75) is 69.0 Å². The minimum Gasteiger partial charge on any atom is -0.390 e. The normalized spacial score (nSPS) is 27.9. The third kappa shape index (κ3) is 5.42. The number of aliphatic hydroxyl groups is 2. The Morgan fingerprint density at radius 3 is 1.32 bits per heavy atom. The van der Waals surface area contributed by atoms with Gasteiger partial charge in [-0.05, 0) is 43.2 Å². The third-order valence-corrected chi connectivity index (χ3v) is 5.57. The number of rotatable bonds is 4. The molecule has 134 valence electrons. The number of hydrogen-bond acceptors (Lipinski definition) is 2. The summed E-state index contributed by atoms with van der Waals surface area (Å²) in [4.78, 5) is 0. The lowest BCUT2D eigenvalue weighted by atomic mass is 9.84. The molecule has 0 amide bonds. The van der Waals surface area contributed by atoms with Crippen LogP contribution in [0.3, 0.4) is 0 Å². The smallest absolute Gasteiger partial charge is 0.0688 e.